The van der Waals surface area contributed by atoms with Gasteiger partial charge in [-0.05, 0) is 0 Å². The summed E-state index contributed by atoms with van der Waals surface area (Å²) in [4.78, 5) is 0. The summed E-state index contributed by atoms with van der Waals surface area (Å²) in [6.45, 7) is 0. The molecule has 0 aliphatic carbocycles. The van der Waals surface area contributed by atoms with Crippen LogP contribution in [0.25, 0.3) is 0 Å². The molecule has 0 rings (SSSR count). The third-order valence-corrected chi connectivity index (χ3v) is 0. The summed E-state index contributed by atoms with van der Waals surface area (Å²) >= 11 is 0. The number of hydrogen-bond donors (Lipinski definition) is 0. The summed E-state index contributed by atoms with van der Waals surface area (Å²) in [5.41, 5.74) is 0. The van der Waals surface area contributed by atoms with E-state index < -0.39 is 0 Å². The molecule has 0 saturated heterocycles. The normalized spacial score (nSPS) is 0. The summed E-state index contributed by atoms with van der Waals surface area (Å²) in [5.74, 6) is 0. The van der Waals surface area contributed by atoms with Gasteiger partial charge in [-0.1, -0.05) is 0 Å². The average Bonchev–Trinajstić information content (AvgIpc) is 0. The van der Waals surface area contributed by atoms with Crippen molar-refractivity contribution in [1.29, 1.82) is 0 Å². The van der Waals surface area contributed by atoms with Crippen LogP contribution in [0.3, 0.4) is 0 Å². The Balaban J connectivity index is 0. The second-order valence-corrected chi connectivity index (χ2v) is 0. The first-order chi connectivity index (χ1) is 0. The fourth-order valence-electron chi connectivity index (χ4n) is 0. The van der Waals surface area contributed by atoms with Gasteiger partial charge in [-0.3, -0.25) is 0 Å². The van der Waals surface area contributed by atoms with Gasteiger partial charge in [0.2, 0.25) is 0 Å². The zero-order chi connectivity index (χ0) is 0. The molecule has 31 valence electrons. The quantitative estimate of drug-likeness (QED) is 0.502. The Labute approximate surface area is 83.1 Å². The third-order valence-electron chi connectivity index (χ3n) is 0. The van der Waals surface area contributed by atoms with E-state index in [0.717, 1.165) is 0 Å². The minimum atomic E-state index is 0. The SMILES string of the molecule is [Ag].[Ni].[SnH2].[Ti]. The van der Waals surface area contributed by atoms with Crippen molar-refractivity contribution in [3.63, 3.8) is 0 Å². The predicted molar refractivity (Wildman–Crippen MR) is 8.54 cm³/mol. The van der Waals surface area contributed by atoms with E-state index in [1.54, 1.807) is 0 Å². The molecule has 0 atom stereocenters. The molecule has 0 N–H and O–H groups in total. The predicted octanol–water partition coefficient (Wildman–Crippen LogP) is -0.924. The van der Waals surface area contributed by atoms with Crippen LogP contribution in [-0.2, 0) is 60.6 Å². The summed E-state index contributed by atoms with van der Waals surface area (Å²) in [7, 11) is 0. The monoisotopic (exact) mass is 335 g/mol. The molecule has 0 aliphatic heterocycles. The zero-order valence-electron chi connectivity index (χ0n) is 1.82. The van der Waals surface area contributed by atoms with Crippen LogP contribution in [0.1, 0.15) is 0 Å². The van der Waals surface area contributed by atoms with Crippen molar-refractivity contribution >= 4 is 23.9 Å². The molecule has 0 aromatic carbocycles. The van der Waals surface area contributed by atoms with Crippen LogP contribution < -0.4 is 0 Å². The van der Waals surface area contributed by atoms with E-state index in [2.05, 4.69) is 0 Å². The molecule has 4 heavy (non-hydrogen) atoms. The molecule has 0 unspecified atom stereocenters. The van der Waals surface area contributed by atoms with Crippen LogP contribution in [0.15, 0.2) is 0 Å². The van der Waals surface area contributed by atoms with E-state index in [9.17, 15) is 0 Å². The molecular weight excluding hydrogens is 333 g/mol. The van der Waals surface area contributed by atoms with E-state index in [-0.39, 0.29) is 84.5 Å². The number of rotatable bonds is 0. The van der Waals surface area contributed by atoms with E-state index in [4.69, 9.17) is 0 Å². The molecule has 3 radical (unpaired) electrons. The van der Waals surface area contributed by atoms with Crippen molar-refractivity contribution < 1.29 is 60.6 Å². The molecular formula is H2AgNiSnTi. The van der Waals surface area contributed by atoms with Crippen LogP contribution >= 0.6 is 0 Å². The van der Waals surface area contributed by atoms with Gasteiger partial charge in [0.15, 0.2) is 0 Å². The summed E-state index contributed by atoms with van der Waals surface area (Å²) < 4.78 is 0. The Morgan fingerprint density at radius 1 is 1.00 bits per heavy atom. The van der Waals surface area contributed by atoms with Crippen molar-refractivity contribution in [2.75, 3.05) is 0 Å². The Morgan fingerprint density at radius 3 is 1.00 bits per heavy atom. The zero-order valence-corrected chi connectivity index (χ0v) is 9.89. The second kappa shape index (κ2) is 17.2. The van der Waals surface area contributed by atoms with Crippen molar-refractivity contribution in [2.45, 2.75) is 0 Å². The van der Waals surface area contributed by atoms with Gasteiger partial charge in [-0.2, -0.15) is 0 Å². The fourth-order valence-corrected chi connectivity index (χ4v) is 0. The summed E-state index contributed by atoms with van der Waals surface area (Å²) in [6, 6.07) is 0. The maximum Gasteiger partial charge on any atom is 0 e. The molecule has 0 aromatic heterocycles. The Bertz CT molecular complexity index is 8.00. The fraction of sp³-hybridized carbons (Fsp3) is 0. The summed E-state index contributed by atoms with van der Waals surface area (Å²) in [5, 5.41) is 0. The van der Waals surface area contributed by atoms with Crippen LogP contribution in [-0.4, -0.2) is 23.9 Å². The van der Waals surface area contributed by atoms with Gasteiger partial charge < -0.3 is 0 Å². The second-order valence-electron chi connectivity index (χ2n) is 0. The van der Waals surface area contributed by atoms with Crippen LogP contribution in [0, 0.1) is 0 Å². The first kappa shape index (κ1) is 29.5. The van der Waals surface area contributed by atoms with E-state index in [0.29, 0.717) is 0 Å². The van der Waals surface area contributed by atoms with Gasteiger partial charge in [0.25, 0.3) is 0 Å². The van der Waals surface area contributed by atoms with Crippen molar-refractivity contribution in [3.8, 4) is 0 Å². The molecule has 0 heterocycles. The molecule has 0 aliphatic rings. The Morgan fingerprint density at radius 2 is 1.00 bits per heavy atom. The van der Waals surface area contributed by atoms with Gasteiger partial charge in [-0.15, -0.1) is 0 Å². The van der Waals surface area contributed by atoms with Gasteiger partial charge in [0, 0.05) is 60.6 Å². The average molecular weight is 335 g/mol. The van der Waals surface area contributed by atoms with Crippen LogP contribution in [0.2, 0.25) is 0 Å². The Hall–Kier alpha value is 2.75. The standard InChI is InChI=1S/Ag.Ni.Sn.Ti.2H. The van der Waals surface area contributed by atoms with Crippen molar-refractivity contribution in [2.24, 2.45) is 0 Å². The molecule has 0 aromatic rings. The number of hydrogen-bond acceptors (Lipinski definition) is 0. The van der Waals surface area contributed by atoms with Gasteiger partial charge in [-0.25, -0.2) is 0 Å². The topological polar surface area (TPSA) is 0 Å². The first-order valence-corrected chi connectivity index (χ1v) is 0. The Kier molecular flexibility index (Phi) is 127. The first-order valence-electron chi connectivity index (χ1n) is 0. The van der Waals surface area contributed by atoms with E-state index in [1.807, 2.05) is 0 Å². The van der Waals surface area contributed by atoms with Crippen LogP contribution in [0.5, 0.6) is 0 Å². The maximum atomic E-state index is 0. The molecule has 0 fully saturated rings. The minimum Gasteiger partial charge on any atom is 0 e. The third kappa shape index (κ3) is 8.83. The van der Waals surface area contributed by atoms with Gasteiger partial charge in [0.05, 0.1) is 0 Å². The van der Waals surface area contributed by atoms with E-state index >= 15 is 0 Å². The molecule has 0 nitrogen and oxygen atoms in total. The molecule has 0 spiro atoms. The smallest absolute Gasteiger partial charge is 0 e. The summed E-state index contributed by atoms with van der Waals surface area (Å²) in [6.07, 6.45) is 0. The van der Waals surface area contributed by atoms with Crippen molar-refractivity contribution in [3.05, 3.63) is 0 Å². The minimum absolute atomic E-state index is 0. The maximum absolute atomic E-state index is 0. The van der Waals surface area contributed by atoms with Gasteiger partial charge in [0.1, 0.15) is 0 Å². The molecule has 0 bridgehead atoms. The van der Waals surface area contributed by atoms with Crippen LogP contribution in [0.4, 0.5) is 0 Å². The largest absolute Gasteiger partial charge is 0 e. The molecule has 4 heteroatoms. The van der Waals surface area contributed by atoms with Gasteiger partial charge >= 0.3 is 23.9 Å². The molecule has 0 saturated carbocycles. The van der Waals surface area contributed by atoms with Crippen molar-refractivity contribution in [1.82, 2.24) is 0 Å². The van der Waals surface area contributed by atoms with E-state index in [1.165, 1.54) is 0 Å². The molecule has 0 amide bonds.